The fraction of sp³-hybridized carbons (Fsp3) is 0.500. The molecule has 0 aliphatic carbocycles. The van der Waals surface area contributed by atoms with Crippen molar-refractivity contribution in [2.75, 3.05) is 6.61 Å². The summed E-state index contributed by atoms with van der Waals surface area (Å²) in [6, 6.07) is 6.30. The van der Waals surface area contributed by atoms with Gasteiger partial charge in [-0.15, -0.1) is 0 Å². The molecule has 0 bridgehead atoms. The van der Waals surface area contributed by atoms with Gasteiger partial charge in [0, 0.05) is 37.7 Å². The standard InChI is InChI=1S/C18H25N3O2/c1-5-22-17-8-14-7-13(3)23-18(14)15(9-17)10-19-11-16-6-12(2)20-21(16)4/h6,8-9,13,19H,5,7,10-11H2,1-4H3. The van der Waals surface area contributed by atoms with Gasteiger partial charge in [0.05, 0.1) is 18.0 Å². The Labute approximate surface area is 137 Å². The molecule has 3 rings (SSSR count). The molecule has 0 saturated carbocycles. The lowest BCUT2D eigenvalue weighted by atomic mass is 10.1. The van der Waals surface area contributed by atoms with E-state index in [9.17, 15) is 0 Å². The first-order chi connectivity index (χ1) is 11.1. The number of nitrogens with zero attached hydrogens (tertiary/aromatic N) is 2. The molecule has 1 aromatic carbocycles. The Morgan fingerprint density at radius 1 is 1.35 bits per heavy atom. The van der Waals surface area contributed by atoms with Crippen LogP contribution in [-0.4, -0.2) is 22.5 Å². The fourth-order valence-corrected chi connectivity index (χ4v) is 3.11. The summed E-state index contributed by atoms with van der Waals surface area (Å²) >= 11 is 0. The number of aromatic nitrogens is 2. The van der Waals surface area contributed by atoms with Crippen LogP contribution in [0.25, 0.3) is 0 Å². The van der Waals surface area contributed by atoms with Gasteiger partial charge in [0.15, 0.2) is 0 Å². The number of ether oxygens (including phenoxy) is 2. The molecule has 0 fully saturated rings. The summed E-state index contributed by atoms with van der Waals surface area (Å²) in [5.41, 5.74) is 4.63. The van der Waals surface area contributed by atoms with Gasteiger partial charge < -0.3 is 14.8 Å². The Morgan fingerprint density at radius 2 is 2.17 bits per heavy atom. The van der Waals surface area contributed by atoms with Crippen LogP contribution >= 0.6 is 0 Å². The molecule has 2 aromatic rings. The third kappa shape index (κ3) is 3.50. The third-order valence-electron chi connectivity index (χ3n) is 4.07. The molecule has 5 nitrogen and oxygen atoms in total. The van der Waals surface area contributed by atoms with E-state index in [4.69, 9.17) is 9.47 Å². The summed E-state index contributed by atoms with van der Waals surface area (Å²) in [4.78, 5) is 0. The first-order valence-corrected chi connectivity index (χ1v) is 8.22. The maximum absolute atomic E-state index is 5.99. The van der Waals surface area contributed by atoms with E-state index in [0.29, 0.717) is 6.61 Å². The summed E-state index contributed by atoms with van der Waals surface area (Å²) in [5, 5.41) is 7.86. The van der Waals surface area contributed by atoms with Crippen molar-refractivity contribution in [3.8, 4) is 11.5 Å². The average molecular weight is 315 g/mol. The van der Waals surface area contributed by atoms with Gasteiger partial charge in [0.25, 0.3) is 0 Å². The zero-order chi connectivity index (χ0) is 16.4. The molecule has 0 saturated heterocycles. The summed E-state index contributed by atoms with van der Waals surface area (Å²) in [6.45, 7) is 8.33. The minimum absolute atomic E-state index is 0.236. The molecule has 1 atom stereocenters. The highest BCUT2D eigenvalue weighted by Crippen LogP contribution is 2.36. The molecule has 0 radical (unpaired) electrons. The molecule has 2 heterocycles. The highest BCUT2D eigenvalue weighted by molar-refractivity contribution is 5.49. The van der Waals surface area contributed by atoms with Crippen molar-refractivity contribution in [2.24, 2.45) is 7.05 Å². The number of nitrogens with one attached hydrogen (secondary N) is 1. The minimum Gasteiger partial charge on any atom is -0.494 e. The van der Waals surface area contributed by atoms with E-state index < -0.39 is 0 Å². The third-order valence-corrected chi connectivity index (χ3v) is 4.07. The van der Waals surface area contributed by atoms with Gasteiger partial charge in [0.2, 0.25) is 0 Å². The minimum atomic E-state index is 0.236. The highest BCUT2D eigenvalue weighted by atomic mass is 16.5. The van der Waals surface area contributed by atoms with Crippen molar-refractivity contribution in [3.05, 3.63) is 40.7 Å². The largest absolute Gasteiger partial charge is 0.494 e. The van der Waals surface area contributed by atoms with Crippen LogP contribution in [-0.2, 0) is 26.6 Å². The zero-order valence-corrected chi connectivity index (χ0v) is 14.3. The van der Waals surface area contributed by atoms with Crippen molar-refractivity contribution in [3.63, 3.8) is 0 Å². The summed E-state index contributed by atoms with van der Waals surface area (Å²) in [7, 11) is 1.97. The Kier molecular flexibility index (Phi) is 4.57. The highest BCUT2D eigenvalue weighted by Gasteiger charge is 2.23. The van der Waals surface area contributed by atoms with E-state index in [1.165, 1.54) is 11.3 Å². The van der Waals surface area contributed by atoms with Gasteiger partial charge >= 0.3 is 0 Å². The van der Waals surface area contributed by atoms with Crippen LogP contribution in [0.5, 0.6) is 11.5 Å². The average Bonchev–Trinajstić information content (AvgIpc) is 3.01. The second-order valence-corrected chi connectivity index (χ2v) is 6.14. The Balaban J connectivity index is 1.73. The number of hydrogen-bond acceptors (Lipinski definition) is 4. The topological polar surface area (TPSA) is 48.3 Å². The van der Waals surface area contributed by atoms with E-state index in [0.717, 1.165) is 42.3 Å². The summed E-state index contributed by atoms with van der Waals surface area (Å²) < 4.78 is 13.6. The monoisotopic (exact) mass is 315 g/mol. The van der Waals surface area contributed by atoms with Gasteiger partial charge in [-0.3, -0.25) is 4.68 Å². The second kappa shape index (κ2) is 6.62. The van der Waals surface area contributed by atoms with Crippen LogP contribution in [0, 0.1) is 6.92 Å². The number of fused-ring (bicyclic) bond motifs is 1. The number of hydrogen-bond donors (Lipinski definition) is 1. The smallest absolute Gasteiger partial charge is 0.127 e. The SMILES string of the molecule is CCOc1cc(CNCc2cc(C)nn2C)c2c(c1)CC(C)O2. The van der Waals surface area contributed by atoms with Crippen LogP contribution in [0.15, 0.2) is 18.2 Å². The van der Waals surface area contributed by atoms with E-state index in [1.807, 2.05) is 25.6 Å². The predicted octanol–water partition coefficient (Wildman–Crippen LogP) is 2.74. The van der Waals surface area contributed by atoms with Crippen molar-refractivity contribution in [1.82, 2.24) is 15.1 Å². The molecule has 1 unspecified atom stereocenters. The molecule has 0 spiro atoms. The van der Waals surface area contributed by atoms with Crippen molar-refractivity contribution < 1.29 is 9.47 Å². The van der Waals surface area contributed by atoms with Gasteiger partial charge in [0.1, 0.15) is 17.6 Å². The van der Waals surface area contributed by atoms with Crippen molar-refractivity contribution >= 4 is 0 Å². The molecular weight excluding hydrogens is 290 g/mol. The first kappa shape index (κ1) is 15.9. The van der Waals surface area contributed by atoms with Crippen molar-refractivity contribution in [2.45, 2.75) is 46.4 Å². The van der Waals surface area contributed by atoms with E-state index in [1.54, 1.807) is 0 Å². The molecule has 1 N–H and O–H groups in total. The molecule has 1 aromatic heterocycles. The van der Waals surface area contributed by atoms with Crippen LogP contribution in [0.4, 0.5) is 0 Å². The van der Waals surface area contributed by atoms with Crippen molar-refractivity contribution in [1.29, 1.82) is 0 Å². The molecule has 23 heavy (non-hydrogen) atoms. The maximum Gasteiger partial charge on any atom is 0.127 e. The molecule has 124 valence electrons. The zero-order valence-electron chi connectivity index (χ0n) is 14.3. The molecule has 1 aliphatic heterocycles. The molecule has 0 amide bonds. The van der Waals surface area contributed by atoms with E-state index >= 15 is 0 Å². The lowest BCUT2D eigenvalue weighted by Gasteiger charge is -2.13. The van der Waals surface area contributed by atoms with Crippen LogP contribution in [0.2, 0.25) is 0 Å². The van der Waals surface area contributed by atoms with E-state index in [-0.39, 0.29) is 6.10 Å². The van der Waals surface area contributed by atoms with Crippen LogP contribution in [0.3, 0.4) is 0 Å². The molecule has 5 heteroatoms. The fourth-order valence-electron chi connectivity index (χ4n) is 3.11. The van der Waals surface area contributed by atoms with Crippen LogP contribution in [0.1, 0.15) is 36.4 Å². The maximum atomic E-state index is 5.99. The first-order valence-electron chi connectivity index (χ1n) is 8.22. The second-order valence-electron chi connectivity index (χ2n) is 6.14. The van der Waals surface area contributed by atoms with Gasteiger partial charge in [-0.05, 0) is 39.0 Å². The lowest BCUT2D eigenvalue weighted by Crippen LogP contribution is -2.16. The number of rotatable bonds is 6. The Morgan fingerprint density at radius 3 is 2.87 bits per heavy atom. The number of aryl methyl sites for hydroxylation is 2. The quantitative estimate of drug-likeness (QED) is 0.890. The number of benzene rings is 1. The molecular formula is C18H25N3O2. The summed E-state index contributed by atoms with van der Waals surface area (Å²) in [6.07, 6.45) is 1.19. The van der Waals surface area contributed by atoms with Gasteiger partial charge in [-0.1, -0.05) is 0 Å². The predicted molar refractivity (Wildman–Crippen MR) is 89.9 cm³/mol. The lowest BCUT2D eigenvalue weighted by molar-refractivity contribution is 0.252. The Hall–Kier alpha value is -2.01. The normalized spacial score (nSPS) is 16.3. The van der Waals surface area contributed by atoms with Gasteiger partial charge in [-0.2, -0.15) is 5.10 Å². The molecule has 1 aliphatic rings. The van der Waals surface area contributed by atoms with E-state index in [2.05, 4.69) is 35.5 Å². The van der Waals surface area contributed by atoms with Crippen LogP contribution < -0.4 is 14.8 Å². The summed E-state index contributed by atoms with van der Waals surface area (Å²) in [5.74, 6) is 1.95. The Bertz CT molecular complexity index is 694. The van der Waals surface area contributed by atoms with Gasteiger partial charge in [-0.25, -0.2) is 0 Å².